The van der Waals surface area contributed by atoms with Crippen LogP contribution in [0.4, 0.5) is 0 Å². The van der Waals surface area contributed by atoms with E-state index in [-0.39, 0.29) is 50.7 Å². The van der Waals surface area contributed by atoms with Gasteiger partial charge in [-0.25, -0.2) is 0 Å². The molecule has 0 aliphatic heterocycles. The summed E-state index contributed by atoms with van der Waals surface area (Å²) in [6.45, 7) is 1.65. The molecule has 0 atom stereocenters. The zero-order valence-electron chi connectivity index (χ0n) is 14.7. The van der Waals surface area contributed by atoms with Crippen molar-refractivity contribution in [2.75, 3.05) is 21.3 Å². The number of fused-ring (bicyclic) bond motifs is 1. The summed E-state index contributed by atoms with van der Waals surface area (Å²) in [5.41, 5.74) is 0.972. The van der Waals surface area contributed by atoms with Gasteiger partial charge in [-0.1, -0.05) is 0 Å². The normalized spacial score (nSPS) is 10.8. The predicted molar refractivity (Wildman–Crippen MR) is 95.6 cm³/mol. The van der Waals surface area contributed by atoms with Crippen LogP contribution in [0.5, 0.6) is 28.7 Å². The average molecular weight is 358 g/mol. The summed E-state index contributed by atoms with van der Waals surface area (Å²) in [4.78, 5) is 13.1. The number of aromatic hydroxyl groups is 2. The lowest BCUT2D eigenvalue weighted by Gasteiger charge is -2.13. The highest BCUT2D eigenvalue weighted by Crippen LogP contribution is 2.41. The first kappa shape index (κ1) is 17.5. The van der Waals surface area contributed by atoms with E-state index in [0.717, 1.165) is 0 Å². The molecule has 3 rings (SSSR count). The van der Waals surface area contributed by atoms with Crippen molar-refractivity contribution in [2.45, 2.75) is 6.92 Å². The molecule has 0 saturated heterocycles. The molecule has 7 heteroatoms. The Kier molecular flexibility index (Phi) is 4.38. The van der Waals surface area contributed by atoms with Crippen LogP contribution in [-0.2, 0) is 0 Å². The summed E-state index contributed by atoms with van der Waals surface area (Å²) in [5, 5.41) is 20.2. The van der Waals surface area contributed by atoms with Crippen LogP contribution in [0.2, 0.25) is 0 Å². The highest BCUT2D eigenvalue weighted by atomic mass is 16.5. The van der Waals surface area contributed by atoms with E-state index in [2.05, 4.69) is 0 Å². The van der Waals surface area contributed by atoms with Crippen LogP contribution in [0.25, 0.3) is 22.1 Å². The van der Waals surface area contributed by atoms with Crippen molar-refractivity contribution in [1.29, 1.82) is 0 Å². The average Bonchev–Trinajstić information content (AvgIpc) is 2.64. The molecule has 26 heavy (non-hydrogen) atoms. The molecule has 1 aromatic heterocycles. The van der Waals surface area contributed by atoms with Gasteiger partial charge in [0.15, 0.2) is 11.5 Å². The van der Waals surface area contributed by atoms with Gasteiger partial charge in [0.25, 0.3) is 0 Å². The number of ether oxygens (including phenoxy) is 3. The van der Waals surface area contributed by atoms with Crippen molar-refractivity contribution >= 4 is 11.0 Å². The molecule has 0 saturated carbocycles. The minimum absolute atomic E-state index is 0.0294. The molecule has 0 aliphatic carbocycles. The standard InChI is InChI=1S/C19H18O7/c1-9-12(20)7-13-16(19(9)25-4)17(21)11(8-26-13)10-5-14(23-2)18(22)15(6-10)24-3/h5-8,20,22H,1-4H3. The molecule has 0 aliphatic rings. The Bertz CT molecular complexity index is 1020. The van der Waals surface area contributed by atoms with Crippen LogP contribution in [0.15, 0.2) is 33.7 Å². The van der Waals surface area contributed by atoms with Crippen molar-refractivity contribution in [3.05, 3.63) is 40.2 Å². The molecule has 2 aromatic carbocycles. The summed E-state index contributed by atoms with van der Waals surface area (Å²) in [6, 6.07) is 4.39. The molecular formula is C19H18O7. The van der Waals surface area contributed by atoms with Crippen LogP contribution < -0.4 is 19.6 Å². The fourth-order valence-electron chi connectivity index (χ4n) is 2.84. The maximum Gasteiger partial charge on any atom is 0.204 e. The summed E-state index contributed by atoms with van der Waals surface area (Å²) < 4.78 is 21.1. The molecule has 0 radical (unpaired) electrons. The monoisotopic (exact) mass is 358 g/mol. The third kappa shape index (κ3) is 2.57. The maximum absolute atomic E-state index is 13.1. The lowest BCUT2D eigenvalue weighted by Crippen LogP contribution is -2.07. The van der Waals surface area contributed by atoms with Gasteiger partial charge in [-0.05, 0) is 24.6 Å². The van der Waals surface area contributed by atoms with E-state index in [1.807, 2.05) is 0 Å². The molecule has 0 bridgehead atoms. The second-order valence-electron chi connectivity index (χ2n) is 5.63. The summed E-state index contributed by atoms with van der Waals surface area (Å²) in [6.07, 6.45) is 1.28. The summed E-state index contributed by atoms with van der Waals surface area (Å²) >= 11 is 0. The zero-order chi connectivity index (χ0) is 19.0. The minimum Gasteiger partial charge on any atom is -0.507 e. The first-order valence-electron chi connectivity index (χ1n) is 7.70. The molecule has 7 nitrogen and oxygen atoms in total. The van der Waals surface area contributed by atoms with Gasteiger partial charge in [-0.3, -0.25) is 4.79 Å². The second kappa shape index (κ2) is 6.51. The number of phenolic OH excluding ortho intramolecular Hbond substituents is 2. The molecule has 0 spiro atoms. The van der Waals surface area contributed by atoms with Gasteiger partial charge in [0.2, 0.25) is 11.2 Å². The van der Waals surface area contributed by atoms with E-state index in [1.54, 1.807) is 6.92 Å². The first-order valence-corrected chi connectivity index (χ1v) is 7.70. The van der Waals surface area contributed by atoms with Crippen LogP contribution in [0.1, 0.15) is 5.56 Å². The molecule has 0 amide bonds. The molecule has 136 valence electrons. The van der Waals surface area contributed by atoms with E-state index in [9.17, 15) is 15.0 Å². The van der Waals surface area contributed by atoms with Gasteiger partial charge in [0.05, 0.1) is 26.9 Å². The largest absolute Gasteiger partial charge is 0.507 e. The Hall–Kier alpha value is -3.35. The Labute approximate surface area is 149 Å². The summed E-state index contributed by atoms with van der Waals surface area (Å²) in [5.74, 6) is 0.370. The van der Waals surface area contributed by atoms with E-state index in [4.69, 9.17) is 18.6 Å². The predicted octanol–water partition coefficient (Wildman–Crippen LogP) is 3.21. The van der Waals surface area contributed by atoms with Crippen LogP contribution >= 0.6 is 0 Å². The SMILES string of the molecule is COc1cc(-c2coc3cc(O)c(C)c(OC)c3c2=O)cc(OC)c1O. The number of benzene rings is 2. The Morgan fingerprint density at radius 2 is 1.58 bits per heavy atom. The van der Waals surface area contributed by atoms with Gasteiger partial charge in [-0.2, -0.15) is 0 Å². The Morgan fingerprint density at radius 1 is 0.962 bits per heavy atom. The highest BCUT2D eigenvalue weighted by Gasteiger charge is 2.20. The van der Waals surface area contributed by atoms with Gasteiger partial charge < -0.3 is 28.8 Å². The highest BCUT2D eigenvalue weighted by molar-refractivity contribution is 5.90. The zero-order valence-corrected chi connectivity index (χ0v) is 14.7. The van der Waals surface area contributed by atoms with Crippen LogP contribution in [0, 0.1) is 6.92 Å². The topological polar surface area (TPSA) is 98.4 Å². The fraction of sp³-hybridized carbons (Fsp3) is 0.211. The third-order valence-electron chi connectivity index (χ3n) is 4.24. The lowest BCUT2D eigenvalue weighted by atomic mass is 10.0. The van der Waals surface area contributed by atoms with Crippen molar-refractivity contribution in [2.24, 2.45) is 0 Å². The Balaban J connectivity index is 2.36. The third-order valence-corrected chi connectivity index (χ3v) is 4.24. The van der Waals surface area contributed by atoms with Gasteiger partial charge >= 0.3 is 0 Å². The smallest absolute Gasteiger partial charge is 0.204 e. The van der Waals surface area contributed by atoms with Crippen LogP contribution in [0.3, 0.4) is 0 Å². The second-order valence-corrected chi connectivity index (χ2v) is 5.63. The van der Waals surface area contributed by atoms with E-state index >= 15 is 0 Å². The fourth-order valence-corrected chi connectivity index (χ4v) is 2.84. The van der Waals surface area contributed by atoms with Crippen molar-refractivity contribution in [1.82, 2.24) is 0 Å². The molecule has 0 fully saturated rings. The number of methoxy groups -OCH3 is 3. The van der Waals surface area contributed by atoms with Crippen molar-refractivity contribution in [3.63, 3.8) is 0 Å². The number of hydrogen-bond donors (Lipinski definition) is 2. The summed E-state index contributed by atoms with van der Waals surface area (Å²) in [7, 11) is 4.21. The molecular weight excluding hydrogens is 340 g/mol. The van der Waals surface area contributed by atoms with Crippen LogP contribution in [-0.4, -0.2) is 31.5 Å². The number of phenols is 2. The molecule has 3 aromatic rings. The van der Waals surface area contributed by atoms with Gasteiger partial charge in [0, 0.05) is 11.6 Å². The molecule has 2 N–H and O–H groups in total. The lowest BCUT2D eigenvalue weighted by molar-refractivity contribution is 0.340. The van der Waals surface area contributed by atoms with E-state index in [1.165, 1.54) is 45.8 Å². The minimum atomic E-state index is -0.346. The Morgan fingerprint density at radius 3 is 2.12 bits per heavy atom. The van der Waals surface area contributed by atoms with E-state index < -0.39 is 0 Å². The van der Waals surface area contributed by atoms with E-state index in [0.29, 0.717) is 11.1 Å². The van der Waals surface area contributed by atoms with Gasteiger partial charge in [-0.15, -0.1) is 0 Å². The molecule has 1 heterocycles. The van der Waals surface area contributed by atoms with Gasteiger partial charge in [0.1, 0.15) is 28.7 Å². The number of rotatable bonds is 4. The van der Waals surface area contributed by atoms with Crippen molar-refractivity contribution in [3.8, 4) is 39.9 Å². The quantitative estimate of drug-likeness (QED) is 0.739. The molecule has 0 unspecified atom stereocenters. The maximum atomic E-state index is 13.1. The first-order chi connectivity index (χ1) is 12.4. The van der Waals surface area contributed by atoms with Crippen molar-refractivity contribution < 1.29 is 28.8 Å². The number of hydrogen-bond acceptors (Lipinski definition) is 7.